The number of fused-ring (bicyclic) bond motifs is 2. The summed E-state index contributed by atoms with van der Waals surface area (Å²) in [5.74, 6) is -0.248. The van der Waals surface area contributed by atoms with Crippen molar-refractivity contribution in [2.45, 2.75) is 57.2 Å². The van der Waals surface area contributed by atoms with E-state index in [-0.39, 0.29) is 23.8 Å². The molecule has 1 amide bonds. The summed E-state index contributed by atoms with van der Waals surface area (Å²) < 4.78 is 5.45. The minimum atomic E-state index is -0.570. The predicted molar refractivity (Wildman–Crippen MR) is 81.9 cm³/mol. The number of rotatable bonds is 1. The van der Waals surface area contributed by atoms with Crippen molar-refractivity contribution < 1.29 is 14.3 Å². The fourth-order valence-corrected chi connectivity index (χ4v) is 3.49. The molecule has 22 heavy (non-hydrogen) atoms. The zero-order valence-corrected chi connectivity index (χ0v) is 13.6. The van der Waals surface area contributed by atoms with Crippen molar-refractivity contribution in [2.24, 2.45) is 0 Å². The van der Waals surface area contributed by atoms with E-state index in [1.165, 1.54) is 0 Å². The van der Waals surface area contributed by atoms with E-state index in [1.807, 2.05) is 26.8 Å². The number of hydrogen-bond acceptors (Lipinski definition) is 4. The molecule has 0 radical (unpaired) electrons. The maximum absolute atomic E-state index is 12.6. The Morgan fingerprint density at radius 2 is 2.09 bits per heavy atom. The van der Waals surface area contributed by atoms with Crippen molar-refractivity contribution in [3.8, 4) is 0 Å². The van der Waals surface area contributed by atoms with Crippen LogP contribution in [-0.4, -0.2) is 39.4 Å². The molecule has 0 spiro atoms. The second-order valence-corrected chi connectivity index (χ2v) is 7.23. The lowest BCUT2D eigenvalue weighted by Crippen LogP contribution is -2.40. The Morgan fingerprint density at radius 1 is 1.36 bits per heavy atom. The molecule has 3 heterocycles. The molecular weight excluding hydrogens is 304 g/mol. The molecule has 1 aromatic heterocycles. The highest BCUT2D eigenvalue weighted by Gasteiger charge is 2.56. The highest BCUT2D eigenvalue weighted by atomic mass is 35.5. The Bertz CT molecular complexity index is 609. The van der Waals surface area contributed by atoms with Crippen molar-refractivity contribution >= 4 is 23.5 Å². The van der Waals surface area contributed by atoms with Gasteiger partial charge in [0.15, 0.2) is 5.78 Å². The largest absolute Gasteiger partial charge is 0.444 e. The van der Waals surface area contributed by atoms with Crippen LogP contribution in [0.5, 0.6) is 0 Å². The van der Waals surface area contributed by atoms with Crippen molar-refractivity contribution in [2.75, 3.05) is 0 Å². The third kappa shape index (κ3) is 2.58. The number of ether oxygens (including phenoxy) is 1. The highest BCUT2D eigenvalue weighted by Crippen LogP contribution is 2.44. The summed E-state index contributed by atoms with van der Waals surface area (Å²) in [6.07, 6.45) is 2.74. The third-order valence-electron chi connectivity index (χ3n) is 4.16. The van der Waals surface area contributed by atoms with E-state index in [4.69, 9.17) is 16.3 Å². The number of halogens is 1. The van der Waals surface area contributed by atoms with Crippen LogP contribution in [0, 0.1) is 0 Å². The van der Waals surface area contributed by atoms with E-state index in [9.17, 15) is 9.59 Å². The molecule has 0 N–H and O–H groups in total. The molecule has 3 unspecified atom stereocenters. The van der Waals surface area contributed by atoms with E-state index >= 15 is 0 Å². The Hall–Kier alpha value is -1.62. The monoisotopic (exact) mass is 322 g/mol. The number of carbonyl (C=O) groups excluding carboxylic acids is 2. The third-order valence-corrected chi connectivity index (χ3v) is 4.39. The summed E-state index contributed by atoms with van der Waals surface area (Å²) in [6, 6.07) is 2.97. The first-order valence-corrected chi connectivity index (χ1v) is 7.82. The lowest BCUT2D eigenvalue weighted by Gasteiger charge is -2.27. The van der Waals surface area contributed by atoms with Gasteiger partial charge in [0.25, 0.3) is 0 Å². The highest BCUT2D eigenvalue weighted by molar-refractivity contribution is 6.29. The van der Waals surface area contributed by atoms with Crippen molar-refractivity contribution in [3.05, 3.63) is 29.0 Å². The van der Waals surface area contributed by atoms with Crippen LogP contribution in [0.3, 0.4) is 0 Å². The Morgan fingerprint density at radius 3 is 2.68 bits per heavy atom. The van der Waals surface area contributed by atoms with Gasteiger partial charge < -0.3 is 4.74 Å². The van der Waals surface area contributed by atoms with Gasteiger partial charge in [-0.25, -0.2) is 9.78 Å². The number of carbonyl (C=O) groups is 2. The Kier molecular flexibility index (Phi) is 3.63. The molecule has 118 valence electrons. The molecular formula is C16H19ClN2O3. The van der Waals surface area contributed by atoms with Crippen LogP contribution in [0.2, 0.25) is 5.15 Å². The standard InChI is InChI=1S/C16H19ClN2O3/c1-16(2,3)22-15(21)19-10-5-6-11(19)14(20)13(10)9-4-7-12(17)18-8-9/h4,7-8,10-11,13H,5-6H2,1-3H3. The molecule has 0 saturated carbocycles. The lowest BCUT2D eigenvalue weighted by molar-refractivity contribution is -0.121. The van der Waals surface area contributed by atoms with Gasteiger partial charge in [0, 0.05) is 12.2 Å². The molecule has 2 saturated heterocycles. The summed E-state index contributed by atoms with van der Waals surface area (Å²) in [5, 5.41) is 0.392. The molecule has 1 aromatic rings. The van der Waals surface area contributed by atoms with Gasteiger partial charge in [-0.2, -0.15) is 0 Å². The normalized spacial score (nSPS) is 27.4. The van der Waals surface area contributed by atoms with Crippen molar-refractivity contribution in [1.82, 2.24) is 9.88 Å². The van der Waals surface area contributed by atoms with Gasteiger partial charge in [0.05, 0.1) is 12.0 Å². The predicted octanol–water partition coefficient (Wildman–Crippen LogP) is 3.17. The zero-order valence-electron chi connectivity index (χ0n) is 12.9. The van der Waals surface area contributed by atoms with E-state index in [0.29, 0.717) is 11.6 Å². The van der Waals surface area contributed by atoms with Gasteiger partial charge in [-0.05, 0) is 45.2 Å². The minimum Gasteiger partial charge on any atom is -0.444 e. The Balaban J connectivity index is 1.86. The van der Waals surface area contributed by atoms with Crippen LogP contribution in [0.4, 0.5) is 4.79 Å². The second-order valence-electron chi connectivity index (χ2n) is 6.84. The average Bonchev–Trinajstić information content (AvgIpc) is 2.94. The quantitative estimate of drug-likeness (QED) is 0.745. The lowest BCUT2D eigenvalue weighted by atomic mass is 9.83. The first-order valence-electron chi connectivity index (χ1n) is 7.44. The van der Waals surface area contributed by atoms with Gasteiger partial charge in [0.1, 0.15) is 10.8 Å². The van der Waals surface area contributed by atoms with E-state index in [2.05, 4.69) is 4.98 Å². The SMILES string of the molecule is CC(C)(C)OC(=O)N1C2CCC1C(c1ccc(Cl)nc1)C2=O. The van der Waals surface area contributed by atoms with Gasteiger partial charge in [-0.15, -0.1) is 0 Å². The van der Waals surface area contributed by atoms with Gasteiger partial charge in [-0.1, -0.05) is 17.7 Å². The molecule has 0 aromatic carbocycles. The molecule has 2 aliphatic heterocycles. The topological polar surface area (TPSA) is 59.5 Å². The zero-order chi connectivity index (χ0) is 16.1. The molecule has 0 aliphatic carbocycles. The number of amides is 1. The van der Waals surface area contributed by atoms with Crippen LogP contribution in [0.1, 0.15) is 45.1 Å². The molecule has 3 atom stereocenters. The number of pyridine rings is 1. The number of nitrogens with zero attached hydrogens (tertiary/aromatic N) is 2. The fourth-order valence-electron chi connectivity index (χ4n) is 3.38. The first-order chi connectivity index (χ1) is 10.3. The number of Topliss-reactive ketones (excluding diaryl/α,β-unsaturated/α-hetero) is 1. The van der Waals surface area contributed by atoms with Gasteiger partial charge in [0.2, 0.25) is 0 Å². The van der Waals surface area contributed by atoms with E-state index in [0.717, 1.165) is 12.0 Å². The van der Waals surface area contributed by atoms with Crippen LogP contribution in [0.25, 0.3) is 0 Å². The molecule has 2 bridgehead atoms. The van der Waals surface area contributed by atoms with Crippen LogP contribution >= 0.6 is 11.6 Å². The summed E-state index contributed by atoms with van der Waals surface area (Å²) in [7, 11) is 0. The molecule has 6 heteroatoms. The average molecular weight is 323 g/mol. The molecule has 3 rings (SSSR count). The minimum absolute atomic E-state index is 0.0752. The molecule has 2 fully saturated rings. The van der Waals surface area contributed by atoms with E-state index in [1.54, 1.807) is 17.2 Å². The number of ketones is 1. The summed E-state index contributed by atoms with van der Waals surface area (Å²) in [4.78, 5) is 30.7. The maximum atomic E-state index is 12.6. The smallest absolute Gasteiger partial charge is 0.411 e. The van der Waals surface area contributed by atoms with Crippen LogP contribution < -0.4 is 0 Å². The summed E-state index contributed by atoms with van der Waals surface area (Å²) in [6.45, 7) is 5.47. The summed E-state index contributed by atoms with van der Waals surface area (Å²) >= 11 is 5.80. The second kappa shape index (κ2) is 5.23. The van der Waals surface area contributed by atoms with Crippen LogP contribution in [0.15, 0.2) is 18.3 Å². The Labute approximate surface area is 134 Å². The van der Waals surface area contributed by atoms with Gasteiger partial charge >= 0.3 is 6.09 Å². The van der Waals surface area contributed by atoms with Crippen molar-refractivity contribution in [1.29, 1.82) is 0 Å². The molecule has 5 nitrogen and oxygen atoms in total. The van der Waals surface area contributed by atoms with Gasteiger partial charge in [-0.3, -0.25) is 9.69 Å². The van der Waals surface area contributed by atoms with Crippen molar-refractivity contribution in [3.63, 3.8) is 0 Å². The summed E-state index contributed by atoms with van der Waals surface area (Å²) in [5.41, 5.74) is 0.245. The van der Waals surface area contributed by atoms with E-state index < -0.39 is 11.7 Å². The maximum Gasteiger partial charge on any atom is 0.411 e. The molecule has 2 aliphatic rings. The fraction of sp³-hybridized carbons (Fsp3) is 0.562. The van der Waals surface area contributed by atoms with Crippen LogP contribution in [-0.2, 0) is 9.53 Å². The first kappa shape index (κ1) is 15.3. The number of aromatic nitrogens is 1. The number of hydrogen-bond donors (Lipinski definition) is 0.